The third kappa shape index (κ3) is 2.81. The number of aromatic nitrogens is 3. The summed E-state index contributed by atoms with van der Waals surface area (Å²) in [5.41, 5.74) is 0. The fraction of sp³-hybridized carbons (Fsp3) is 0.750. The van der Waals surface area contributed by atoms with Crippen molar-refractivity contribution in [3.63, 3.8) is 0 Å². The van der Waals surface area contributed by atoms with Gasteiger partial charge in [-0.3, -0.25) is 0 Å². The van der Waals surface area contributed by atoms with Crippen LogP contribution in [0, 0.1) is 11.3 Å². The van der Waals surface area contributed by atoms with E-state index in [0.717, 1.165) is 17.5 Å². The highest BCUT2D eigenvalue weighted by Gasteiger charge is 2.22. The zero-order valence-corrected chi connectivity index (χ0v) is 11.0. The van der Waals surface area contributed by atoms with Gasteiger partial charge in [-0.2, -0.15) is 5.26 Å². The Kier molecular flexibility index (Phi) is 4.43. The molecule has 0 radical (unpaired) electrons. The maximum Gasteiger partial charge on any atom is 0.192 e. The highest BCUT2D eigenvalue weighted by molar-refractivity contribution is 7.99. The summed E-state index contributed by atoms with van der Waals surface area (Å²) < 4.78 is 2.18. The number of nitrogens with zero attached hydrogens (tertiary/aromatic N) is 4. The molecule has 0 unspecified atom stereocenters. The van der Waals surface area contributed by atoms with Gasteiger partial charge in [0.2, 0.25) is 0 Å². The first-order valence-corrected chi connectivity index (χ1v) is 7.28. The van der Waals surface area contributed by atoms with Crippen LogP contribution in [-0.4, -0.2) is 20.5 Å². The minimum atomic E-state index is 0.447. The predicted molar refractivity (Wildman–Crippen MR) is 67.9 cm³/mol. The Morgan fingerprint density at radius 2 is 2.12 bits per heavy atom. The summed E-state index contributed by atoms with van der Waals surface area (Å²) >= 11 is 1.48. The number of nitriles is 1. The van der Waals surface area contributed by atoms with E-state index in [1.807, 2.05) is 0 Å². The van der Waals surface area contributed by atoms with Gasteiger partial charge in [-0.15, -0.1) is 10.2 Å². The van der Waals surface area contributed by atoms with Gasteiger partial charge < -0.3 is 4.57 Å². The Balaban J connectivity index is 2.16. The minimum absolute atomic E-state index is 0.447. The fourth-order valence-electron chi connectivity index (χ4n) is 2.46. The second-order valence-electron chi connectivity index (χ2n) is 4.37. The molecule has 1 aliphatic carbocycles. The third-order valence-corrected chi connectivity index (χ3v) is 4.13. The lowest BCUT2D eigenvalue weighted by atomic mass is 9.89. The minimum Gasteiger partial charge on any atom is -0.306 e. The second kappa shape index (κ2) is 6.06. The smallest absolute Gasteiger partial charge is 0.192 e. The molecule has 17 heavy (non-hydrogen) atoms. The zero-order chi connectivity index (χ0) is 12.1. The van der Waals surface area contributed by atoms with Gasteiger partial charge in [0.15, 0.2) is 5.16 Å². The highest BCUT2D eigenvalue weighted by Crippen LogP contribution is 2.33. The van der Waals surface area contributed by atoms with E-state index in [0.29, 0.717) is 11.7 Å². The lowest BCUT2D eigenvalue weighted by Crippen LogP contribution is -2.12. The molecule has 0 atom stereocenters. The number of thioether (sulfide) groups is 1. The number of hydrogen-bond acceptors (Lipinski definition) is 4. The van der Waals surface area contributed by atoms with E-state index in [-0.39, 0.29) is 0 Å². The van der Waals surface area contributed by atoms with Crippen LogP contribution in [0.25, 0.3) is 0 Å². The zero-order valence-electron chi connectivity index (χ0n) is 10.2. The van der Waals surface area contributed by atoms with E-state index in [1.54, 1.807) is 0 Å². The van der Waals surface area contributed by atoms with E-state index in [9.17, 15) is 0 Å². The van der Waals surface area contributed by atoms with Crippen molar-refractivity contribution >= 4 is 11.8 Å². The number of rotatable bonds is 4. The van der Waals surface area contributed by atoms with E-state index >= 15 is 0 Å². The van der Waals surface area contributed by atoms with Gasteiger partial charge >= 0.3 is 0 Å². The topological polar surface area (TPSA) is 54.5 Å². The molecule has 0 saturated heterocycles. The van der Waals surface area contributed by atoms with Crippen LogP contribution < -0.4 is 0 Å². The van der Waals surface area contributed by atoms with Crippen LogP contribution in [0.2, 0.25) is 0 Å². The van der Waals surface area contributed by atoms with Gasteiger partial charge in [-0.25, -0.2) is 0 Å². The van der Waals surface area contributed by atoms with Gasteiger partial charge in [0.05, 0.1) is 11.8 Å². The molecule has 92 valence electrons. The van der Waals surface area contributed by atoms with E-state index < -0.39 is 0 Å². The summed E-state index contributed by atoms with van der Waals surface area (Å²) in [6.07, 6.45) is 6.44. The molecule has 0 N–H and O–H groups in total. The highest BCUT2D eigenvalue weighted by atomic mass is 32.2. The summed E-state index contributed by atoms with van der Waals surface area (Å²) in [6, 6.07) is 2.14. The van der Waals surface area contributed by atoms with Crippen molar-refractivity contribution in [1.29, 1.82) is 5.26 Å². The van der Waals surface area contributed by atoms with E-state index in [1.165, 1.54) is 43.9 Å². The summed E-state index contributed by atoms with van der Waals surface area (Å²) in [5, 5.41) is 18.1. The molecule has 1 fully saturated rings. The average Bonchev–Trinajstić information content (AvgIpc) is 2.80. The van der Waals surface area contributed by atoms with Crippen LogP contribution in [0.1, 0.15) is 50.8 Å². The van der Waals surface area contributed by atoms with Crippen molar-refractivity contribution < 1.29 is 0 Å². The normalized spacial score (nSPS) is 16.9. The molecule has 0 spiro atoms. The van der Waals surface area contributed by atoms with Gasteiger partial charge in [0.25, 0.3) is 0 Å². The van der Waals surface area contributed by atoms with Gasteiger partial charge in [0.1, 0.15) is 5.82 Å². The maximum absolute atomic E-state index is 8.62. The molecule has 1 aromatic rings. The maximum atomic E-state index is 8.62. The summed E-state index contributed by atoms with van der Waals surface area (Å²) in [7, 11) is 0. The molecule has 0 aromatic carbocycles. The molecule has 1 saturated carbocycles. The van der Waals surface area contributed by atoms with Crippen LogP contribution in [0.4, 0.5) is 0 Å². The first-order chi connectivity index (χ1) is 8.36. The average molecular weight is 250 g/mol. The lowest BCUT2D eigenvalue weighted by Gasteiger charge is -2.21. The molecule has 1 heterocycles. The predicted octanol–water partition coefficient (Wildman–Crippen LogP) is 2.96. The summed E-state index contributed by atoms with van der Waals surface area (Å²) in [6.45, 7) is 3.01. The van der Waals surface area contributed by atoms with Crippen molar-refractivity contribution in [3.8, 4) is 6.07 Å². The lowest BCUT2D eigenvalue weighted by molar-refractivity contribution is 0.413. The Morgan fingerprint density at radius 3 is 2.76 bits per heavy atom. The Labute approximate surface area is 106 Å². The van der Waals surface area contributed by atoms with Crippen molar-refractivity contribution in [1.82, 2.24) is 14.8 Å². The largest absolute Gasteiger partial charge is 0.306 e. The molecule has 1 aliphatic rings. The molecule has 0 amide bonds. The van der Waals surface area contributed by atoms with Crippen molar-refractivity contribution in [2.75, 3.05) is 5.75 Å². The van der Waals surface area contributed by atoms with E-state index in [2.05, 4.69) is 27.8 Å². The van der Waals surface area contributed by atoms with Crippen LogP contribution in [0.5, 0.6) is 0 Å². The molecular formula is C12H18N4S. The van der Waals surface area contributed by atoms with Gasteiger partial charge in [0, 0.05) is 12.5 Å². The van der Waals surface area contributed by atoms with Crippen LogP contribution in [0.3, 0.4) is 0 Å². The van der Waals surface area contributed by atoms with Crippen molar-refractivity contribution in [2.24, 2.45) is 0 Å². The monoisotopic (exact) mass is 250 g/mol. The number of hydrogen-bond donors (Lipinski definition) is 0. The first-order valence-electron chi connectivity index (χ1n) is 6.29. The van der Waals surface area contributed by atoms with E-state index in [4.69, 9.17) is 5.26 Å². The van der Waals surface area contributed by atoms with Crippen molar-refractivity contribution in [2.45, 2.75) is 56.6 Å². The molecular weight excluding hydrogens is 232 g/mol. The second-order valence-corrected chi connectivity index (χ2v) is 5.31. The summed E-state index contributed by atoms with van der Waals surface area (Å²) in [5.74, 6) is 2.16. The Morgan fingerprint density at radius 1 is 1.35 bits per heavy atom. The van der Waals surface area contributed by atoms with Gasteiger partial charge in [-0.1, -0.05) is 31.0 Å². The van der Waals surface area contributed by atoms with Gasteiger partial charge in [-0.05, 0) is 19.8 Å². The van der Waals surface area contributed by atoms with Crippen LogP contribution in [0.15, 0.2) is 5.16 Å². The molecule has 0 bridgehead atoms. The molecule has 1 aromatic heterocycles. The molecule has 0 aliphatic heterocycles. The SMILES string of the molecule is CCn1c(SCC#N)nnc1C1CCCCC1. The first kappa shape index (κ1) is 12.4. The quantitative estimate of drug-likeness (QED) is 0.771. The third-order valence-electron chi connectivity index (χ3n) is 3.30. The standard InChI is InChI=1S/C12H18N4S/c1-2-16-11(10-6-4-3-5-7-10)14-15-12(16)17-9-8-13/h10H,2-7,9H2,1H3. The van der Waals surface area contributed by atoms with Crippen LogP contribution in [-0.2, 0) is 6.54 Å². The Bertz CT molecular complexity index is 401. The molecule has 2 rings (SSSR count). The van der Waals surface area contributed by atoms with Crippen molar-refractivity contribution in [3.05, 3.63) is 5.82 Å². The Hall–Kier alpha value is -1.02. The molecule has 4 nitrogen and oxygen atoms in total. The summed E-state index contributed by atoms with van der Waals surface area (Å²) in [4.78, 5) is 0. The molecule has 5 heteroatoms. The fourth-order valence-corrected chi connectivity index (χ4v) is 3.13. The van der Waals surface area contributed by atoms with Crippen LogP contribution >= 0.6 is 11.8 Å².